The summed E-state index contributed by atoms with van der Waals surface area (Å²) in [6.07, 6.45) is -0.522. The summed E-state index contributed by atoms with van der Waals surface area (Å²) in [6.45, 7) is -0.00167. The Morgan fingerprint density at radius 2 is 1.91 bits per heavy atom. The lowest BCUT2D eigenvalue weighted by Gasteiger charge is -2.36. The fourth-order valence-electron chi connectivity index (χ4n) is 3.52. The maximum Gasteiger partial charge on any atom is 0.416 e. The summed E-state index contributed by atoms with van der Waals surface area (Å²) in [5.74, 6) is -0.296. The zero-order chi connectivity index (χ0) is 23.8. The van der Waals surface area contributed by atoms with Gasteiger partial charge in [0.1, 0.15) is 6.10 Å². The molecule has 4 N–H and O–H groups in total. The number of hydrogen-bond acceptors (Lipinski definition) is 5. The normalized spacial score (nSPS) is 20.7. The first-order valence-corrected chi connectivity index (χ1v) is 10.5. The van der Waals surface area contributed by atoms with Crippen LogP contribution in [0.4, 0.5) is 23.7 Å². The van der Waals surface area contributed by atoms with Crippen LogP contribution >= 0.6 is 0 Å². The topological polar surface area (TPSA) is 113 Å². The third-order valence-electron chi connectivity index (χ3n) is 5.26. The van der Waals surface area contributed by atoms with Crippen LogP contribution < -0.4 is 16.0 Å². The van der Waals surface area contributed by atoms with Gasteiger partial charge in [-0.2, -0.15) is 13.2 Å². The summed E-state index contributed by atoms with van der Waals surface area (Å²) < 4.78 is 43.6. The number of carbonyl (C=O) groups is 2. The van der Waals surface area contributed by atoms with Gasteiger partial charge in [-0.1, -0.05) is 0 Å². The Bertz CT molecular complexity index is 925. The molecule has 178 valence electrons. The number of rotatable bonds is 7. The Hall–Kier alpha value is -3.18. The zero-order valence-corrected chi connectivity index (χ0v) is 17.6. The van der Waals surface area contributed by atoms with Gasteiger partial charge in [-0.25, -0.2) is 4.79 Å². The van der Waals surface area contributed by atoms with E-state index in [0.29, 0.717) is 24.8 Å². The largest absolute Gasteiger partial charge is 0.416 e. The highest BCUT2D eigenvalue weighted by Crippen LogP contribution is 2.29. The summed E-state index contributed by atoms with van der Waals surface area (Å²) in [5.41, 5.74) is -0.141. The van der Waals surface area contributed by atoms with Gasteiger partial charge in [-0.05, 0) is 55.7 Å². The van der Waals surface area contributed by atoms with Crippen molar-refractivity contribution in [3.63, 3.8) is 0 Å². The van der Waals surface area contributed by atoms with Crippen LogP contribution in [-0.2, 0) is 10.9 Å². The van der Waals surface area contributed by atoms with E-state index in [1.165, 1.54) is 18.3 Å². The van der Waals surface area contributed by atoms with E-state index in [-0.39, 0.29) is 36.9 Å². The van der Waals surface area contributed by atoms with E-state index in [0.717, 1.165) is 12.1 Å². The molecule has 3 rings (SSSR count). The van der Waals surface area contributed by atoms with Crippen molar-refractivity contribution < 1.29 is 32.6 Å². The molecule has 0 bridgehead atoms. The molecule has 33 heavy (non-hydrogen) atoms. The van der Waals surface area contributed by atoms with Gasteiger partial charge >= 0.3 is 12.2 Å². The van der Waals surface area contributed by atoms with Crippen molar-refractivity contribution in [1.29, 1.82) is 0 Å². The van der Waals surface area contributed by atoms with Crippen LogP contribution in [0.2, 0.25) is 0 Å². The highest BCUT2D eigenvalue weighted by atomic mass is 19.4. The molecular formula is C22H25F3N4O4. The van der Waals surface area contributed by atoms with Gasteiger partial charge in [0.15, 0.2) is 0 Å². The summed E-state index contributed by atoms with van der Waals surface area (Å²) in [6, 6.07) is 6.54. The Balaban J connectivity index is 1.40. The third kappa shape index (κ3) is 7.16. The molecular weight excluding hydrogens is 441 g/mol. The number of halogens is 3. The lowest BCUT2D eigenvalue weighted by Crippen LogP contribution is -2.51. The molecule has 1 aromatic carbocycles. The Kier molecular flexibility index (Phi) is 8.23. The Labute approximate surface area is 188 Å². The molecule has 8 nitrogen and oxygen atoms in total. The van der Waals surface area contributed by atoms with Crippen LogP contribution in [0.15, 0.2) is 48.8 Å². The molecule has 0 saturated carbocycles. The molecule has 3 atom stereocenters. The predicted molar refractivity (Wildman–Crippen MR) is 114 cm³/mol. The third-order valence-corrected chi connectivity index (χ3v) is 5.26. The lowest BCUT2D eigenvalue weighted by molar-refractivity contribution is -0.137. The van der Waals surface area contributed by atoms with Gasteiger partial charge in [0.2, 0.25) is 0 Å². The number of nitrogens with one attached hydrogen (secondary N) is 3. The minimum Gasteiger partial charge on any atom is -0.394 e. The number of anilines is 1. The maximum atomic E-state index is 12.6. The number of ether oxygens (including phenoxy) is 1. The zero-order valence-electron chi connectivity index (χ0n) is 17.6. The number of aromatic nitrogens is 1. The van der Waals surface area contributed by atoms with Crippen molar-refractivity contribution in [3.05, 3.63) is 59.9 Å². The van der Waals surface area contributed by atoms with Gasteiger partial charge in [-0.3, -0.25) is 9.78 Å². The van der Waals surface area contributed by atoms with Gasteiger partial charge in [0.25, 0.3) is 5.91 Å². The van der Waals surface area contributed by atoms with Crippen LogP contribution in [0.3, 0.4) is 0 Å². The number of hydrogen-bond donors (Lipinski definition) is 4. The van der Waals surface area contributed by atoms with E-state index in [1.807, 2.05) is 0 Å². The van der Waals surface area contributed by atoms with Gasteiger partial charge < -0.3 is 25.8 Å². The predicted octanol–water partition coefficient (Wildman–Crippen LogP) is 2.95. The van der Waals surface area contributed by atoms with Crippen molar-refractivity contribution in [3.8, 4) is 0 Å². The van der Waals surface area contributed by atoms with Crippen molar-refractivity contribution in [2.45, 2.75) is 43.7 Å². The minimum absolute atomic E-state index is 0.222. The molecule has 2 aromatic rings. The smallest absolute Gasteiger partial charge is 0.394 e. The molecule has 1 aliphatic heterocycles. The van der Waals surface area contributed by atoms with Crippen LogP contribution in [0.25, 0.3) is 0 Å². The Morgan fingerprint density at radius 3 is 2.55 bits per heavy atom. The fraction of sp³-hybridized carbons (Fsp3) is 0.409. The van der Waals surface area contributed by atoms with Gasteiger partial charge in [0.05, 0.1) is 29.9 Å². The number of pyridine rings is 1. The van der Waals surface area contributed by atoms with Crippen LogP contribution in [-0.4, -0.2) is 53.4 Å². The highest BCUT2D eigenvalue weighted by molar-refractivity contribution is 5.94. The summed E-state index contributed by atoms with van der Waals surface area (Å²) in [5, 5.41) is 17.6. The number of carbonyl (C=O) groups excluding carboxylic acids is 2. The van der Waals surface area contributed by atoms with Crippen molar-refractivity contribution in [2.24, 2.45) is 0 Å². The van der Waals surface area contributed by atoms with Crippen LogP contribution in [0.1, 0.15) is 35.2 Å². The molecule has 1 saturated heterocycles. The average molecular weight is 466 g/mol. The maximum absolute atomic E-state index is 12.6. The molecule has 2 heterocycles. The molecule has 1 fully saturated rings. The number of aliphatic hydroxyl groups is 1. The van der Waals surface area contributed by atoms with E-state index < -0.39 is 23.9 Å². The summed E-state index contributed by atoms with van der Waals surface area (Å²) in [7, 11) is 0. The molecule has 0 unspecified atom stereocenters. The summed E-state index contributed by atoms with van der Waals surface area (Å²) >= 11 is 0. The number of benzene rings is 1. The van der Waals surface area contributed by atoms with Gasteiger partial charge in [0, 0.05) is 24.6 Å². The standard InChI is InChI=1S/C22H25F3N4O4/c23-22(24,25)15-3-5-16(6-4-15)28-21(32)27-11-9-17-7-8-18(19(13-30)33-17)29-20(31)14-2-1-10-26-12-14/h1-6,10,12,17-19,30H,7-9,11,13H2,(H,29,31)(H2,27,28,32)/t17-,18-,19-/m1/s1. The van der Waals surface area contributed by atoms with E-state index in [4.69, 9.17) is 4.74 Å². The fourth-order valence-corrected chi connectivity index (χ4v) is 3.52. The van der Waals surface area contributed by atoms with Crippen LogP contribution in [0.5, 0.6) is 0 Å². The van der Waals surface area contributed by atoms with Crippen molar-refractivity contribution in [2.75, 3.05) is 18.5 Å². The second-order valence-corrected chi connectivity index (χ2v) is 7.62. The first-order valence-electron chi connectivity index (χ1n) is 10.5. The molecule has 1 aliphatic rings. The second-order valence-electron chi connectivity index (χ2n) is 7.62. The average Bonchev–Trinajstić information content (AvgIpc) is 2.80. The van der Waals surface area contributed by atoms with Gasteiger partial charge in [-0.15, -0.1) is 0 Å². The Morgan fingerprint density at radius 1 is 1.15 bits per heavy atom. The first-order chi connectivity index (χ1) is 15.8. The second kappa shape index (κ2) is 11.1. The number of amides is 3. The highest BCUT2D eigenvalue weighted by Gasteiger charge is 2.32. The quantitative estimate of drug-likeness (QED) is 0.501. The van der Waals surface area contributed by atoms with E-state index in [1.54, 1.807) is 18.3 Å². The SMILES string of the molecule is O=C(NCC[C@H]1CC[C@@H](NC(=O)c2cccnc2)[C@@H](CO)O1)Nc1ccc(C(F)(F)F)cc1. The molecule has 0 aliphatic carbocycles. The molecule has 1 aromatic heterocycles. The van der Waals surface area contributed by atoms with Crippen molar-refractivity contribution >= 4 is 17.6 Å². The summed E-state index contributed by atoms with van der Waals surface area (Å²) in [4.78, 5) is 28.2. The van der Waals surface area contributed by atoms with E-state index in [9.17, 15) is 27.9 Å². The number of urea groups is 1. The molecule has 0 radical (unpaired) electrons. The molecule has 0 spiro atoms. The van der Waals surface area contributed by atoms with E-state index >= 15 is 0 Å². The molecule has 11 heteroatoms. The van der Waals surface area contributed by atoms with Crippen molar-refractivity contribution in [1.82, 2.24) is 15.6 Å². The monoisotopic (exact) mass is 466 g/mol. The molecule has 3 amide bonds. The van der Waals surface area contributed by atoms with E-state index in [2.05, 4.69) is 20.9 Å². The lowest BCUT2D eigenvalue weighted by atomic mass is 9.97. The first kappa shape index (κ1) is 24.5. The van der Waals surface area contributed by atoms with Crippen LogP contribution in [0, 0.1) is 0 Å². The number of alkyl halides is 3. The minimum atomic E-state index is -4.44. The number of aliphatic hydroxyl groups excluding tert-OH is 1. The number of nitrogens with zero attached hydrogens (tertiary/aromatic N) is 1.